The number of anilines is 4. The number of hydrogen-bond acceptors (Lipinski definition) is 6. The van der Waals surface area contributed by atoms with Gasteiger partial charge in [0.2, 0.25) is 0 Å². The van der Waals surface area contributed by atoms with Gasteiger partial charge in [0, 0.05) is 23.2 Å². The average molecular weight is 525 g/mol. The molecule has 0 saturated heterocycles. The molecule has 0 aliphatic heterocycles. The minimum Gasteiger partial charge on any atom is -0.487 e. The molecule has 196 valence electrons. The molecule has 0 aliphatic carbocycles. The molecule has 2 heterocycles. The van der Waals surface area contributed by atoms with Crippen LogP contribution in [0, 0.1) is 0 Å². The van der Waals surface area contributed by atoms with E-state index in [1.165, 1.54) is 0 Å². The Morgan fingerprint density at radius 3 is 1.45 bits per heavy atom. The Morgan fingerprint density at radius 1 is 0.525 bits per heavy atom. The number of nitrogens with one attached hydrogen (secondary N) is 2. The molecule has 6 nitrogen and oxygen atoms in total. The molecule has 0 radical (unpaired) electrons. The lowest BCUT2D eigenvalue weighted by atomic mass is 10.2. The fourth-order valence-electron chi connectivity index (χ4n) is 4.49. The Bertz CT molecular complexity index is 1660. The predicted molar refractivity (Wildman–Crippen MR) is 163 cm³/mol. The van der Waals surface area contributed by atoms with E-state index >= 15 is 0 Å². The van der Waals surface area contributed by atoms with Crippen molar-refractivity contribution in [1.82, 2.24) is 9.97 Å². The minimum absolute atomic E-state index is 0.315. The maximum atomic E-state index is 6.16. The van der Waals surface area contributed by atoms with Crippen LogP contribution in [0.5, 0.6) is 11.5 Å². The van der Waals surface area contributed by atoms with E-state index in [0.717, 1.165) is 61.6 Å². The zero-order valence-electron chi connectivity index (χ0n) is 21.9. The smallest absolute Gasteiger partial charge is 0.143 e. The lowest BCUT2D eigenvalue weighted by Crippen LogP contribution is -2.10. The van der Waals surface area contributed by atoms with E-state index in [9.17, 15) is 0 Å². The first-order valence-corrected chi connectivity index (χ1v) is 13.1. The van der Waals surface area contributed by atoms with Crippen LogP contribution in [0.15, 0.2) is 134 Å². The van der Waals surface area contributed by atoms with E-state index in [2.05, 4.69) is 27.2 Å². The normalized spacial score (nSPS) is 10.8. The van der Waals surface area contributed by atoms with Crippen LogP contribution in [0.25, 0.3) is 21.8 Å². The van der Waals surface area contributed by atoms with Gasteiger partial charge in [0.1, 0.15) is 24.7 Å². The van der Waals surface area contributed by atoms with Gasteiger partial charge in [-0.3, -0.25) is 9.97 Å². The number of para-hydroxylation sites is 6. The summed E-state index contributed by atoms with van der Waals surface area (Å²) in [7, 11) is 0. The molecular weight excluding hydrogens is 496 g/mol. The first-order valence-electron chi connectivity index (χ1n) is 13.1. The zero-order valence-corrected chi connectivity index (χ0v) is 21.9. The van der Waals surface area contributed by atoms with Crippen molar-refractivity contribution in [3.05, 3.63) is 134 Å². The summed E-state index contributed by atoms with van der Waals surface area (Å²) in [6.45, 7) is 4.81. The summed E-state index contributed by atoms with van der Waals surface area (Å²) >= 11 is 0. The number of rotatable bonds is 10. The number of benzene rings is 4. The highest BCUT2D eigenvalue weighted by molar-refractivity contribution is 5.93. The molecule has 0 saturated carbocycles. The summed E-state index contributed by atoms with van der Waals surface area (Å²) in [5, 5.41) is 9.10. The van der Waals surface area contributed by atoms with Crippen LogP contribution in [0.3, 0.4) is 0 Å². The van der Waals surface area contributed by atoms with Crippen molar-refractivity contribution in [2.75, 3.05) is 23.8 Å². The monoisotopic (exact) mass is 524 g/mol. The van der Waals surface area contributed by atoms with Gasteiger partial charge in [0.15, 0.2) is 0 Å². The van der Waals surface area contributed by atoms with E-state index in [-0.39, 0.29) is 0 Å². The number of fused-ring (bicyclic) bond motifs is 2. The van der Waals surface area contributed by atoms with Crippen molar-refractivity contribution in [3.63, 3.8) is 0 Å². The zero-order chi connectivity index (χ0) is 27.1. The number of ether oxygens (including phenoxy) is 2. The second kappa shape index (κ2) is 11.6. The van der Waals surface area contributed by atoms with E-state index in [0.29, 0.717) is 13.2 Å². The Morgan fingerprint density at radius 2 is 0.950 bits per heavy atom. The molecule has 0 spiro atoms. The fraction of sp³-hybridized carbons (Fsp3) is 0.0588. The molecule has 0 atom stereocenters. The van der Waals surface area contributed by atoms with Crippen LogP contribution in [-0.4, -0.2) is 23.2 Å². The molecule has 0 aliphatic rings. The van der Waals surface area contributed by atoms with Gasteiger partial charge >= 0.3 is 0 Å². The number of pyridine rings is 2. The van der Waals surface area contributed by atoms with Crippen LogP contribution in [0.4, 0.5) is 22.7 Å². The summed E-state index contributed by atoms with van der Waals surface area (Å²) in [5.74, 6) is 1.45. The SMILES string of the molecule is C=C(COc1ccccc1Nc1cccc2cccnc12)COc1ccccc1Nc1cccc2cccnc12. The second-order valence-electron chi connectivity index (χ2n) is 9.33. The first kappa shape index (κ1) is 24.9. The van der Waals surface area contributed by atoms with Gasteiger partial charge in [-0.2, -0.15) is 0 Å². The molecule has 0 unspecified atom stereocenters. The Kier molecular flexibility index (Phi) is 7.22. The summed E-state index contributed by atoms with van der Waals surface area (Å²) in [6, 6.07) is 35.8. The van der Waals surface area contributed by atoms with Gasteiger partial charge in [-0.15, -0.1) is 0 Å². The van der Waals surface area contributed by atoms with Gasteiger partial charge in [-0.05, 0) is 54.1 Å². The van der Waals surface area contributed by atoms with Gasteiger partial charge in [-0.25, -0.2) is 0 Å². The van der Waals surface area contributed by atoms with Crippen molar-refractivity contribution in [2.45, 2.75) is 0 Å². The van der Waals surface area contributed by atoms with E-state index in [1.54, 1.807) is 12.4 Å². The van der Waals surface area contributed by atoms with Gasteiger partial charge in [0.05, 0.1) is 33.8 Å². The summed E-state index contributed by atoms with van der Waals surface area (Å²) in [4.78, 5) is 9.08. The van der Waals surface area contributed by atoms with Crippen molar-refractivity contribution < 1.29 is 9.47 Å². The third-order valence-electron chi connectivity index (χ3n) is 6.44. The minimum atomic E-state index is 0.315. The van der Waals surface area contributed by atoms with Gasteiger partial charge in [0.25, 0.3) is 0 Å². The molecular formula is C34H28N4O2. The van der Waals surface area contributed by atoms with Crippen LogP contribution in [-0.2, 0) is 0 Å². The first-order chi connectivity index (χ1) is 19.7. The highest BCUT2D eigenvalue weighted by Crippen LogP contribution is 2.32. The fourth-order valence-corrected chi connectivity index (χ4v) is 4.49. The summed E-state index contributed by atoms with van der Waals surface area (Å²) in [5.41, 5.74) is 6.17. The maximum absolute atomic E-state index is 6.16. The maximum Gasteiger partial charge on any atom is 0.143 e. The molecule has 0 fully saturated rings. The second-order valence-corrected chi connectivity index (χ2v) is 9.33. The third kappa shape index (κ3) is 5.56. The molecule has 6 heteroatoms. The van der Waals surface area contributed by atoms with E-state index in [1.807, 2.05) is 109 Å². The average Bonchev–Trinajstić information content (AvgIpc) is 3.00. The van der Waals surface area contributed by atoms with Crippen molar-refractivity contribution in [2.24, 2.45) is 0 Å². The van der Waals surface area contributed by atoms with E-state index < -0.39 is 0 Å². The van der Waals surface area contributed by atoms with Crippen molar-refractivity contribution in [3.8, 4) is 11.5 Å². The molecule has 6 aromatic rings. The number of nitrogens with zero attached hydrogens (tertiary/aromatic N) is 2. The molecule has 0 amide bonds. The summed E-state index contributed by atoms with van der Waals surface area (Å²) < 4.78 is 12.3. The van der Waals surface area contributed by atoms with Crippen LogP contribution in [0.2, 0.25) is 0 Å². The summed E-state index contributed by atoms with van der Waals surface area (Å²) in [6.07, 6.45) is 3.60. The molecule has 6 rings (SSSR count). The Balaban J connectivity index is 1.10. The Hall–Kier alpha value is -5.36. The molecule has 40 heavy (non-hydrogen) atoms. The van der Waals surface area contributed by atoms with Crippen LogP contribution >= 0.6 is 0 Å². The van der Waals surface area contributed by atoms with Crippen molar-refractivity contribution >= 4 is 44.6 Å². The molecule has 2 aromatic heterocycles. The standard InChI is InChI=1S/C34H28N4O2/c1-24(22-39-31-18-4-2-14-27(31)37-29-16-6-10-25-12-8-20-35-33(25)29)23-40-32-19-5-3-15-28(32)38-30-17-7-11-26-13-9-21-36-34(26)30/h2-21,37-38H,1,22-23H2. The van der Waals surface area contributed by atoms with Gasteiger partial charge < -0.3 is 20.1 Å². The topological polar surface area (TPSA) is 68.3 Å². The molecule has 4 aromatic carbocycles. The van der Waals surface area contributed by atoms with Crippen LogP contribution < -0.4 is 20.1 Å². The number of hydrogen-bond donors (Lipinski definition) is 2. The van der Waals surface area contributed by atoms with Gasteiger partial charge in [-0.1, -0.05) is 67.2 Å². The lowest BCUT2D eigenvalue weighted by Gasteiger charge is -2.17. The predicted octanol–water partition coefficient (Wildman–Crippen LogP) is 8.28. The highest BCUT2D eigenvalue weighted by Gasteiger charge is 2.10. The van der Waals surface area contributed by atoms with Crippen molar-refractivity contribution in [1.29, 1.82) is 0 Å². The number of aromatic nitrogens is 2. The highest BCUT2D eigenvalue weighted by atomic mass is 16.5. The third-order valence-corrected chi connectivity index (χ3v) is 6.44. The molecule has 0 bridgehead atoms. The Labute approximate surface area is 233 Å². The quantitative estimate of drug-likeness (QED) is 0.176. The van der Waals surface area contributed by atoms with Crippen LogP contribution in [0.1, 0.15) is 0 Å². The molecule has 2 N–H and O–H groups in total. The largest absolute Gasteiger partial charge is 0.487 e. The lowest BCUT2D eigenvalue weighted by molar-refractivity contribution is 0.303. The van der Waals surface area contributed by atoms with E-state index in [4.69, 9.17) is 9.47 Å².